The number of rotatable bonds is 6. The number of aromatic carboxylic acids is 1. The molecule has 1 aromatic rings. The van der Waals surface area contributed by atoms with Gasteiger partial charge in [-0.25, -0.2) is 18.0 Å². The van der Waals surface area contributed by atoms with Crippen molar-refractivity contribution in [1.29, 1.82) is 0 Å². The summed E-state index contributed by atoms with van der Waals surface area (Å²) in [7, 11) is 0. The maximum absolute atomic E-state index is 13.9. The lowest BCUT2D eigenvalue weighted by Gasteiger charge is -2.13. The molecule has 0 radical (unpaired) electrons. The molecule has 1 rings (SSSR count). The van der Waals surface area contributed by atoms with Crippen molar-refractivity contribution in [3.05, 3.63) is 33.1 Å². The van der Waals surface area contributed by atoms with E-state index in [1.165, 1.54) is 6.92 Å². The molecule has 0 aliphatic rings. The minimum absolute atomic E-state index is 0.0840. The van der Waals surface area contributed by atoms with Crippen molar-refractivity contribution in [3.63, 3.8) is 0 Å². The Morgan fingerprint density at radius 2 is 2.15 bits per heavy atom. The zero-order valence-electron chi connectivity index (χ0n) is 10.3. The molecular formula is C11H11F3N2O4. The van der Waals surface area contributed by atoms with Gasteiger partial charge in [-0.05, 0) is 6.42 Å². The third-order valence-electron chi connectivity index (χ3n) is 2.55. The summed E-state index contributed by atoms with van der Waals surface area (Å²) in [5.41, 5.74) is -2.34. The fraction of sp³-hybridized carbons (Fsp3) is 0.364. The van der Waals surface area contributed by atoms with Crippen molar-refractivity contribution in [2.75, 3.05) is 11.9 Å². The Kier molecular flexibility index (Phi) is 4.89. The van der Waals surface area contributed by atoms with Crippen LogP contribution in [0.1, 0.15) is 22.8 Å². The quantitative estimate of drug-likeness (QED) is 0.621. The minimum Gasteiger partial charge on any atom is -0.478 e. The molecule has 0 bridgehead atoms. The van der Waals surface area contributed by atoms with Crippen molar-refractivity contribution in [1.82, 2.24) is 0 Å². The Balaban J connectivity index is 3.49. The Bertz CT molecular complexity index is 549. The molecule has 0 atom stereocenters. The number of nitro benzene ring substituents is 1. The van der Waals surface area contributed by atoms with Gasteiger partial charge in [0, 0.05) is 11.6 Å². The van der Waals surface area contributed by atoms with Gasteiger partial charge in [0.25, 0.3) is 12.1 Å². The topological polar surface area (TPSA) is 92.5 Å². The Labute approximate surface area is 111 Å². The summed E-state index contributed by atoms with van der Waals surface area (Å²) in [6.45, 7) is 0.529. The standard InChI is InChI=1S/C11H11F3N2O4/c1-2-5-9(14)6(11(17)18)3-7(16(19)20)10(5)15-4-8(12)13/h3,8,15H,2,4H2,1H3,(H,17,18). The SMILES string of the molecule is CCc1c(F)c(C(=O)O)cc([N+](=O)[O-])c1NCC(F)F. The minimum atomic E-state index is -2.79. The first-order valence-corrected chi connectivity index (χ1v) is 5.54. The highest BCUT2D eigenvalue weighted by atomic mass is 19.3. The van der Waals surface area contributed by atoms with Crippen LogP contribution in [0.15, 0.2) is 6.07 Å². The van der Waals surface area contributed by atoms with Crippen LogP contribution in [0.4, 0.5) is 24.5 Å². The van der Waals surface area contributed by atoms with E-state index < -0.39 is 46.6 Å². The molecule has 0 heterocycles. The lowest BCUT2D eigenvalue weighted by atomic mass is 10.0. The summed E-state index contributed by atoms with van der Waals surface area (Å²) in [6.07, 6.45) is -2.87. The van der Waals surface area contributed by atoms with Gasteiger partial charge in [-0.2, -0.15) is 0 Å². The summed E-state index contributed by atoms with van der Waals surface area (Å²) < 4.78 is 38.3. The van der Waals surface area contributed by atoms with Crippen LogP contribution in [0.25, 0.3) is 0 Å². The highest BCUT2D eigenvalue weighted by molar-refractivity contribution is 5.91. The van der Waals surface area contributed by atoms with E-state index in [1.807, 2.05) is 0 Å². The molecule has 2 N–H and O–H groups in total. The van der Waals surface area contributed by atoms with Gasteiger partial charge in [0.1, 0.15) is 17.1 Å². The maximum Gasteiger partial charge on any atom is 0.338 e. The van der Waals surface area contributed by atoms with Crippen molar-refractivity contribution in [2.24, 2.45) is 0 Å². The van der Waals surface area contributed by atoms with E-state index in [9.17, 15) is 28.1 Å². The first-order chi connectivity index (χ1) is 9.29. The number of hydrogen-bond acceptors (Lipinski definition) is 4. The number of carboxylic acids is 1. The van der Waals surface area contributed by atoms with Gasteiger partial charge in [0.2, 0.25) is 0 Å². The average molecular weight is 292 g/mol. The molecule has 0 saturated carbocycles. The van der Waals surface area contributed by atoms with Gasteiger partial charge in [-0.3, -0.25) is 10.1 Å². The smallest absolute Gasteiger partial charge is 0.338 e. The Morgan fingerprint density at radius 1 is 1.55 bits per heavy atom. The number of nitro groups is 1. The van der Waals surface area contributed by atoms with Gasteiger partial charge < -0.3 is 10.4 Å². The molecule has 0 fully saturated rings. The van der Waals surface area contributed by atoms with Crippen LogP contribution in [0.5, 0.6) is 0 Å². The van der Waals surface area contributed by atoms with E-state index in [0.717, 1.165) is 0 Å². The highest BCUT2D eigenvalue weighted by Crippen LogP contribution is 2.33. The third-order valence-corrected chi connectivity index (χ3v) is 2.55. The highest BCUT2D eigenvalue weighted by Gasteiger charge is 2.27. The number of alkyl halides is 2. The van der Waals surface area contributed by atoms with Gasteiger partial charge in [-0.1, -0.05) is 6.92 Å². The van der Waals surface area contributed by atoms with Gasteiger partial charge >= 0.3 is 5.97 Å². The molecule has 0 aliphatic heterocycles. The number of benzene rings is 1. The van der Waals surface area contributed by atoms with Crippen LogP contribution < -0.4 is 5.32 Å². The lowest BCUT2D eigenvalue weighted by Crippen LogP contribution is -2.15. The number of anilines is 1. The van der Waals surface area contributed by atoms with E-state index in [2.05, 4.69) is 5.32 Å². The predicted molar refractivity (Wildman–Crippen MR) is 63.9 cm³/mol. The number of nitrogens with zero attached hydrogens (tertiary/aromatic N) is 1. The summed E-state index contributed by atoms with van der Waals surface area (Å²) >= 11 is 0. The second kappa shape index (κ2) is 6.22. The zero-order chi connectivity index (χ0) is 15.4. The Hall–Kier alpha value is -2.32. The molecule has 0 aliphatic carbocycles. The second-order valence-electron chi connectivity index (χ2n) is 3.80. The summed E-state index contributed by atoms with van der Waals surface area (Å²) in [4.78, 5) is 20.8. The molecular weight excluding hydrogens is 281 g/mol. The molecule has 20 heavy (non-hydrogen) atoms. The molecule has 1 aromatic carbocycles. The number of hydrogen-bond donors (Lipinski definition) is 2. The van der Waals surface area contributed by atoms with Crippen molar-refractivity contribution < 1.29 is 28.0 Å². The zero-order valence-corrected chi connectivity index (χ0v) is 10.3. The van der Waals surface area contributed by atoms with E-state index >= 15 is 0 Å². The van der Waals surface area contributed by atoms with Crippen LogP contribution in [0.2, 0.25) is 0 Å². The molecule has 0 aromatic heterocycles. The second-order valence-corrected chi connectivity index (χ2v) is 3.80. The molecule has 0 saturated heterocycles. The van der Waals surface area contributed by atoms with Crippen LogP contribution in [0.3, 0.4) is 0 Å². The van der Waals surface area contributed by atoms with Gasteiger partial charge in [-0.15, -0.1) is 0 Å². The van der Waals surface area contributed by atoms with Crippen LogP contribution >= 0.6 is 0 Å². The van der Waals surface area contributed by atoms with Crippen LogP contribution in [-0.4, -0.2) is 29.0 Å². The third kappa shape index (κ3) is 3.16. The molecule has 6 nitrogen and oxygen atoms in total. The summed E-state index contributed by atoms with van der Waals surface area (Å²) in [5, 5.41) is 21.8. The van der Waals surface area contributed by atoms with Crippen molar-refractivity contribution >= 4 is 17.3 Å². The van der Waals surface area contributed by atoms with Gasteiger partial charge in [0.15, 0.2) is 0 Å². The first kappa shape index (κ1) is 15.7. The number of carboxylic acid groups (broad SMARTS) is 1. The van der Waals surface area contributed by atoms with E-state index in [-0.39, 0.29) is 12.0 Å². The Morgan fingerprint density at radius 3 is 2.55 bits per heavy atom. The average Bonchev–Trinajstić information content (AvgIpc) is 2.35. The first-order valence-electron chi connectivity index (χ1n) is 5.54. The predicted octanol–water partition coefficient (Wildman–Crippen LogP) is 2.67. The normalized spacial score (nSPS) is 10.7. The number of halogens is 3. The molecule has 110 valence electrons. The largest absolute Gasteiger partial charge is 0.478 e. The maximum atomic E-state index is 13.9. The van der Waals surface area contributed by atoms with Crippen molar-refractivity contribution in [3.8, 4) is 0 Å². The van der Waals surface area contributed by atoms with E-state index in [4.69, 9.17) is 5.11 Å². The summed E-state index contributed by atoms with van der Waals surface area (Å²) in [5.74, 6) is -2.83. The van der Waals surface area contributed by atoms with Gasteiger partial charge in [0.05, 0.1) is 11.5 Å². The van der Waals surface area contributed by atoms with E-state index in [1.54, 1.807) is 0 Å². The molecule has 0 spiro atoms. The fourth-order valence-electron chi connectivity index (χ4n) is 1.71. The molecule has 9 heteroatoms. The van der Waals surface area contributed by atoms with E-state index in [0.29, 0.717) is 6.07 Å². The van der Waals surface area contributed by atoms with Crippen LogP contribution in [0, 0.1) is 15.9 Å². The van der Waals surface area contributed by atoms with Crippen molar-refractivity contribution in [2.45, 2.75) is 19.8 Å². The lowest BCUT2D eigenvalue weighted by molar-refractivity contribution is -0.384. The fourth-order valence-corrected chi connectivity index (χ4v) is 1.71. The molecule has 0 unspecified atom stereocenters. The molecule has 0 amide bonds. The monoisotopic (exact) mass is 292 g/mol. The summed E-state index contributed by atoms with van der Waals surface area (Å²) in [6, 6.07) is 0.518. The number of carbonyl (C=O) groups is 1. The number of nitrogens with one attached hydrogen (secondary N) is 1. The van der Waals surface area contributed by atoms with Crippen LogP contribution in [-0.2, 0) is 6.42 Å².